The highest BCUT2D eigenvalue weighted by Gasteiger charge is 2.42. The van der Waals surface area contributed by atoms with Crippen molar-refractivity contribution in [3.63, 3.8) is 0 Å². The van der Waals surface area contributed by atoms with Crippen LogP contribution in [-0.4, -0.2) is 31.0 Å². The molecular weight excluding hydrogens is 226 g/mol. The number of hydrogen-bond donors (Lipinski definition) is 1. The molecule has 0 aromatic heterocycles. The van der Waals surface area contributed by atoms with E-state index in [4.69, 9.17) is 16.3 Å². The molecule has 0 bridgehead atoms. The van der Waals surface area contributed by atoms with Gasteiger partial charge in [-0.2, -0.15) is 0 Å². The Morgan fingerprint density at radius 3 is 2.81 bits per heavy atom. The molecule has 1 aliphatic carbocycles. The van der Waals surface area contributed by atoms with Gasteiger partial charge in [0, 0.05) is 19.0 Å². The fourth-order valence-corrected chi connectivity index (χ4v) is 2.78. The van der Waals surface area contributed by atoms with E-state index in [9.17, 15) is 4.79 Å². The van der Waals surface area contributed by atoms with Gasteiger partial charge in [0.05, 0.1) is 12.0 Å². The van der Waals surface area contributed by atoms with Crippen LogP contribution in [0.25, 0.3) is 0 Å². The van der Waals surface area contributed by atoms with Gasteiger partial charge in [-0.15, -0.1) is 11.6 Å². The van der Waals surface area contributed by atoms with Gasteiger partial charge in [-0.3, -0.25) is 4.79 Å². The quantitative estimate of drug-likeness (QED) is 0.752. The minimum Gasteiger partial charge on any atom is -0.378 e. The van der Waals surface area contributed by atoms with E-state index in [-0.39, 0.29) is 17.9 Å². The van der Waals surface area contributed by atoms with Crippen molar-refractivity contribution in [1.82, 2.24) is 5.32 Å². The van der Waals surface area contributed by atoms with Crippen molar-refractivity contribution < 1.29 is 9.53 Å². The largest absolute Gasteiger partial charge is 0.378 e. The van der Waals surface area contributed by atoms with Crippen LogP contribution < -0.4 is 5.32 Å². The standard InChI is InChI=1S/C12H20ClNO2/c1-9-10(2-7-16-9)11(15)14-8-12(3-4-12)5-6-13/h9-10H,2-8H2,1H3,(H,14,15). The molecule has 16 heavy (non-hydrogen) atoms. The molecule has 0 spiro atoms. The highest BCUT2D eigenvalue weighted by Crippen LogP contribution is 2.48. The Balaban J connectivity index is 1.75. The summed E-state index contributed by atoms with van der Waals surface area (Å²) in [6.45, 7) is 3.48. The predicted octanol–water partition coefficient (Wildman–Crippen LogP) is 1.94. The molecule has 0 aromatic carbocycles. The summed E-state index contributed by atoms with van der Waals surface area (Å²) in [5.74, 6) is 0.899. The van der Waals surface area contributed by atoms with Gasteiger partial charge in [0.1, 0.15) is 0 Å². The zero-order valence-electron chi connectivity index (χ0n) is 9.80. The molecule has 2 atom stereocenters. The summed E-state index contributed by atoms with van der Waals surface area (Å²) in [4.78, 5) is 11.9. The summed E-state index contributed by atoms with van der Waals surface area (Å²) in [6, 6.07) is 0. The maximum Gasteiger partial charge on any atom is 0.225 e. The molecule has 1 N–H and O–H groups in total. The number of nitrogens with one attached hydrogen (secondary N) is 1. The van der Waals surface area contributed by atoms with Crippen molar-refractivity contribution in [3.8, 4) is 0 Å². The second kappa shape index (κ2) is 4.92. The molecule has 0 aromatic rings. The second-order valence-electron chi connectivity index (χ2n) is 5.13. The number of alkyl halides is 1. The molecule has 2 fully saturated rings. The summed E-state index contributed by atoms with van der Waals surface area (Å²) in [5, 5.41) is 3.07. The van der Waals surface area contributed by atoms with Crippen molar-refractivity contribution in [2.45, 2.75) is 38.7 Å². The Morgan fingerprint density at radius 1 is 1.56 bits per heavy atom. The van der Waals surface area contributed by atoms with E-state index >= 15 is 0 Å². The Morgan fingerprint density at radius 2 is 2.31 bits per heavy atom. The van der Waals surface area contributed by atoms with Gasteiger partial charge in [-0.1, -0.05) is 0 Å². The summed E-state index contributed by atoms with van der Waals surface area (Å²) < 4.78 is 5.40. The average Bonchev–Trinajstić information content (AvgIpc) is 2.89. The molecule has 1 heterocycles. The summed E-state index contributed by atoms with van der Waals surface area (Å²) >= 11 is 5.76. The van der Waals surface area contributed by atoms with Crippen molar-refractivity contribution in [3.05, 3.63) is 0 Å². The van der Waals surface area contributed by atoms with Crippen LogP contribution in [-0.2, 0) is 9.53 Å². The Hall–Kier alpha value is -0.280. The van der Waals surface area contributed by atoms with E-state index in [0.717, 1.165) is 19.4 Å². The van der Waals surface area contributed by atoms with E-state index in [1.807, 2.05) is 6.92 Å². The smallest absolute Gasteiger partial charge is 0.225 e. The summed E-state index contributed by atoms with van der Waals surface area (Å²) in [5.41, 5.74) is 0.320. The third-order valence-electron chi connectivity index (χ3n) is 3.93. The van der Waals surface area contributed by atoms with Crippen LogP contribution in [0.15, 0.2) is 0 Å². The number of rotatable bonds is 5. The van der Waals surface area contributed by atoms with E-state index in [1.54, 1.807) is 0 Å². The molecule has 3 nitrogen and oxygen atoms in total. The number of ether oxygens (including phenoxy) is 1. The zero-order chi connectivity index (χ0) is 11.6. The first-order valence-electron chi connectivity index (χ1n) is 6.12. The third kappa shape index (κ3) is 2.69. The topological polar surface area (TPSA) is 38.3 Å². The normalized spacial score (nSPS) is 31.4. The molecule has 2 unspecified atom stereocenters. The van der Waals surface area contributed by atoms with Gasteiger partial charge in [0.25, 0.3) is 0 Å². The van der Waals surface area contributed by atoms with Crippen molar-refractivity contribution >= 4 is 17.5 Å². The van der Waals surface area contributed by atoms with E-state index in [2.05, 4.69) is 5.32 Å². The van der Waals surface area contributed by atoms with E-state index in [1.165, 1.54) is 12.8 Å². The monoisotopic (exact) mass is 245 g/mol. The van der Waals surface area contributed by atoms with Crippen LogP contribution in [0.2, 0.25) is 0 Å². The van der Waals surface area contributed by atoms with Crippen LogP contribution in [0.5, 0.6) is 0 Å². The first kappa shape index (κ1) is 12.2. The van der Waals surface area contributed by atoms with Gasteiger partial charge >= 0.3 is 0 Å². The number of carbonyl (C=O) groups is 1. The minimum atomic E-state index is 0.0480. The van der Waals surface area contributed by atoms with Gasteiger partial charge in [0.15, 0.2) is 0 Å². The zero-order valence-corrected chi connectivity index (χ0v) is 10.6. The Labute approximate surface area is 102 Å². The lowest BCUT2D eigenvalue weighted by molar-refractivity contribution is -0.126. The maximum atomic E-state index is 11.9. The molecule has 1 saturated carbocycles. The molecule has 2 aliphatic rings. The van der Waals surface area contributed by atoms with Gasteiger partial charge in [-0.25, -0.2) is 0 Å². The number of carbonyl (C=O) groups excluding carboxylic acids is 1. The summed E-state index contributed by atoms with van der Waals surface area (Å²) in [6.07, 6.45) is 4.36. The molecule has 92 valence electrons. The molecule has 1 amide bonds. The van der Waals surface area contributed by atoms with Crippen LogP contribution in [0, 0.1) is 11.3 Å². The van der Waals surface area contributed by atoms with Crippen LogP contribution in [0.1, 0.15) is 32.6 Å². The summed E-state index contributed by atoms with van der Waals surface area (Å²) in [7, 11) is 0. The minimum absolute atomic E-state index is 0.0480. The van der Waals surface area contributed by atoms with Crippen LogP contribution in [0.3, 0.4) is 0 Å². The molecule has 1 aliphatic heterocycles. The molecule has 2 rings (SSSR count). The van der Waals surface area contributed by atoms with Crippen molar-refractivity contribution in [1.29, 1.82) is 0 Å². The fraction of sp³-hybridized carbons (Fsp3) is 0.917. The molecule has 1 saturated heterocycles. The Kier molecular flexibility index (Phi) is 3.75. The number of hydrogen-bond acceptors (Lipinski definition) is 2. The molecular formula is C12H20ClNO2. The molecule has 0 radical (unpaired) electrons. The van der Waals surface area contributed by atoms with Gasteiger partial charge in [-0.05, 0) is 38.0 Å². The SMILES string of the molecule is CC1OCCC1C(=O)NCC1(CCCl)CC1. The highest BCUT2D eigenvalue weighted by atomic mass is 35.5. The van der Waals surface area contributed by atoms with E-state index in [0.29, 0.717) is 17.9 Å². The number of amides is 1. The lowest BCUT2D eigenvalue weighted by Gasteiger charge is -2.18. The molecule has 4 heteroatoms. The van der Waals surface area contributed by atoms with Crippen molar-refractivity contribution in [2.75, 3.05) is 19.0 Å². The van der Waals surface area contributed by atoms with Gasteiger partial charge < -0.3 is 10.1 Å². The first-order chi connectivity index (χ1) is 7.67. The van der Waals surface area contributed by atoms with E-state index < -0.39 is 0 Å². The fourth-order valence-electron chi connectivity index (χ4n) is 2.37. The predicted molar refractivity (Wildman–Crippen MR) is 63.5 cm³/mol. The number of halogens is 1. The average molecular weight is 246 g/mol. The van der Waals surface area contributed by atoms with Crippen molar-refractivity contribution in [2.24, 2.45) is 11.3 Å². The van der Waals surface area contributed by atoms with Gasteiger partial charge in [0.2, 0.25) is 5.91 Å². The highest BCUT2D eigenvalue weighted by molar-refractivity contribution is 6.17. The van der Waals surface area contributed by atoms with Crippen LogP contribution >= 0.6 is 11.6 Å². The van der Waals surface area contributed by atoms with Crippen LogP contribution in [0.4, 0.5) is 0 Å². The maximum absolute atomic E-state index is 11.9. The third-order valence-corrected chi connectivity index (χ3v) is 4.12. The second-order valence-corrected chi connectivity index (χ2v) is 5.51. The Bertz CT molecular complexity index is 266. The lowest BCUT2D eigenvalue weighted by Crippen LogP contribution is -2.37. The lowest BCUT2D eigenvalue weighted by atomic mass is 10.00. The first-order valence-corrected chi connectivity index (χ1v) is 6.66.